The molecule has 1 atom stereocenters. The molecule has 2 aliphatic rings. The van der Waals surface area contributed by atoms with Crippen LogP contribution in [0.5, 0.6) is 0 Å². The van der Waals surface area contributed by atoms with Crippen molar-refractivity contribution in [3.63, 3.8) is 0 Å². The smallest absolute Gasteiger partial charge is 0.253 e. The molecule has 1 aliphatic heterocycles. The molecule has 3 rings (SSSR count). The van der Waals surface area contributed by atoms with E-state index in [4.69, 9.17) is 0 Å². The molecule has 22 heavy (non-hydrogen) atoms. The van der Waals surface area contributed by atoms with E-state index in [0.29, 0.717) is 5.92 Å². The maximum atomic E-state index is 12.6. The zero-order valence-electron chi connectivity index (χ0n) is 13.6. The second-order valence-corrected chi connectivity index (χ2v) is 6.87. The molecule has 0 spiro atoms. The van der Waals surface area contributed by atoms with Gasteiger partial charge in [0.2, 0.25) is 0 Å². The van der Waals surface area contributed by atoms with E-state index < -0.39 is 0 Å². The number of benzene rings is 1. The number of nitrogens with zero attached hydrogens (tertiary/aromatic N) is 2. The number of aryl methyl sites for hydroxylation is 2. The number of carbonyl (C=O) groups excluding carboxylic acids is 1. The Kier molecular flexibility index (Phi) is 4.50. The van der Waals surface area contributed by atoms with Crippen molar-refractivity contribution in [3.05, 3.63) is 34.9 Å². The number of aliphatic hydroxyl groups is 1. The summed E-state index contributed by atoms with van der Waals surface area (Å²) < 4.78 is 0. The quantitative estimate of drug-likeness (QED) is 0.923. The lowest BCUT2D eigenvalue weighted by atomic mass is 10.1. The van der Waals surface area contributed by atoms with Gasteiger partial charge in [-0.2, -0.15) is 0 Å². The molecule has 1 saturated heterocycles. The van der Waals surface area contributed by atoms with Crippen LogP contribution < -0.4 is 0 Å². The molecule has 0 aromatic heterocycles. The number of piperazine rings is 1. The van der Waals surface area contributed by atoms with Crippen molar-refractivity contribution in [2.45, 2.75) is 32.8 Å². The molecule has 120 valence electrons. The highest BCUT2D eigenvalue weighted by Gasteiger charge is 2.32. The van der Waals surface area contributed by atoms with Crippen LogP contribution >= 0.6 is 0 Å². The minimum absolute atomic E-state index is 0.134. The number of hydrogen-bond acceptors (Lipinski definition) is 3. The fraction of sp³-hybridized carbons (Fsp3) is 0.611. The van der Waals surface area contributed by atoms with Crippen LogP contribution in [-0.4, -0.2) is 59.6 Å². The third-order valence-electron chi connectivity index (χ3n) is 4.74. The van der Waals surface area contributed by atoms with Crippen LogP contribution in [0.3, 0.4) is 0 Å². The zero-order valence-corrected chi connectivity index (χ0v) is 13.6. The van der Waals surface area contributed by atoms with Crippen molar-refractivity contribution < 1.29 is 9.90 Å². The van der Waals surface area contributed by atoms with Crippen LogP contribution in [0.4, 0.5) is 0 Å². The minimum Gasteiger partial charge on any atom is -0.392 e. The van der Waals surface area contributed by atoms with Crippen molar-refractivity contribution in [1.29, 1.82) is 0 Å². The van der Waals surface area contributed by atoms with Crippen LogP contribution in [0, 0.1) is 19.8 Å². The number of amides is 1. The Morgan fingerprint density at radius 1 is 1.14 bits per heavy atom. The standard InChI is InChI=1S/C18H26N2O2/c1-13-9-14(2)11-16(10-13)18(22)20-7-5-19(6-8-20)12-17(21)15-3-4-15/h9-11,15,17,21H,3-8,12H2,1-2H3. The summed E-state index contributed by atoms with van der Waals surface area (Å²) in [6.07, 6.45) is 2.17. The van der Waals surface area contributed by atoms with Gasteiger partial charge in [0.1, 0.15) is 0 Å². The molecule has 4 nitrogen and oxygen atoms in total. The summed E-state index contributed by atoms with van der Waals surface area (Å²) in [4.78, 5) is 16.8. The van der Waals surface area contributed by atoms with Crippen molar-refractivity contribution in [2.24, 2.45) is 5.92 Å². The molecule has 2 fully saturated rings. The minimum atomic E-state index is -0.179. The fourth-order valence-electron chi connectivity index (χ4n) is 3.31. The monoisotopic (exact) mass is 302 g/mol. The number of aliphatic hydroxyl groups excluding tert-OH is 1. The van der Waals surface area contributed by atoms with Crippen LogP contribution in [0.15, 0.2) is 18.2 Å². The summed E-state index contributed by atoms with van der Waals surface area (Å²) in [6.45, 7) is 8.05. The third-order valence-corrected chi connectivity index (χ3v) is 4.74. The lowest BCUT2D eigenvalue weighted by Crippen LogP contribution is -2.50. The molecule has 1 unspecified atom stereocenters. The lowest BCUT2D eigenvalue weighted by Gasteiger charge is -2.35. The van der Waals surface area contributed by atoms with Gasteiger partial charge in [0.15, 0.2) is 0 Å². The molecule has 4 heteroatoms. The molecule has 1 saturated carbocycles. The van der Waals surface area contributed by atoms with E-state index >= 15 is 0 Å². The highest BCUT2D eigenvalue weighted by atomic mass is 16.3. The van der Waals surface area contributed by atoms with Gasteiger partial charge in [-0.15, -0.1) is 0 Å². The maximum Gasteiger partial charge on any atom is 0.253 e. The molecule has 1 aliphatic carbocycles. The average molecular weight is 302 g/mol. The van der Waals surface area contributed by atoms with Gasteiger partial charge < -0.3 is 10.0 Å². The largest absolute Gasteiger partial charge is 0.392 e. The lowest BCUT2D eigenvalue weighted by molar-refractivity contribution is 0.0488. The van der Waals surface area contributed by atoms with Crippen molar-refractivity contribution >= 4 is 5.91 Å². The van der Waals surface area contributed by atoms with E-state index in [0.717, 1.165) is 49.4 Å². The Hall–Kier alpha value is -1.39. The average Bonchev–Trinajstić information content (AvgIpc) is 3.31. The van der Waals surface area contributed by atoms with E-state index in [2.05, 4.69) is 11.0 Å². The number of β-amino-alcohol motifs (C(OH)–C–C–N with tert-alkyl or cyclic N) is 1. The Labute approximate surface area is 132 Å². The zero-order chi connectivity index (χ0) is 15.7. The van der Waals surface area contributed by atoms with Gasteiger partial charge in [-0.05, 0) is 44.7 Å². The first-order chi connectivity index (χ1) is 10.5. The highest BCUT2D eigenvalue weighted by molar-refractivity contribution is 5.94. The van der Waals surface area contributed by atoms with E-state index in [1.165, 1.54) is 12.8 Å². The van der Waals surface area contributed by atoms with Gasteiger partial charge in [0.05, 0.1) is 6.10 Å². The fourth-order valence-corrected chi connectivity index (χ4v) is 3.31. The highest BCUT2D eigenvalue weighted by Crippen LogP contribution is 2.32. The van der Waals surface area contributed by atoms with E-state index in [9.17, 15) is 9.90 Å². The van der Waals surface area contributed by atoms with Crippen LogP contribution in [0.25, 0.3) is 0 Å². The molecule has 1 amide bonds. The van der Waals surface area contributed by atoms with Crippen LogP contribution in [0.2, 0.25) is 0 Å². The number of hydrogen-bond donors (Lipinski definition) is 1. The molecular weight excluding hydrogens is 276 g/mol. The Balaban J connectivity index is 1.55. The summed E-state index contributed by atoms with van der Waals surface area (Å²) >= 11 is 0. The van der Waals surface area contributed by atoms with Gasteiger partial charge in [-0.25, -0.2) is 0 Å². The van der Waals surface area contributed by atoms with Gasteiger partial charge in [0.25, 0.3) is 5.91 Å². The Morgan fingerprint density at radius 3 is 2.27 bits per heavy atom. The SMILES string of the molecule is Cc1cc(C)cc(C(=O)N2CCN(CC(O)C3CC3)CC2)c1. The van der Waals surface area contributed by atoms with Crippen molar-refractivity contribution in [2.75, 3.05) is 32.7 Å². The first-order valence-electron chi connectivity index (χ1n) is 8.31. The molecular formula is C18H26N2O2. The van der Waals surface area contributed by atoms with E-state index in [1.807, 2.05) is 30.9 Å². The van der Waals surface area contributed by atoms with Gasteiger partial charge in [0, 0.05) is 38.3 Å². The van der Waals surface area contributed by atoms with Gasteiger partial charge in [-0.3, -0.25) is 9.69 Å². The normalized spacial score (nSPS) is 21.0. The Morgan fingerprint density at radius 2 is 1.73 bits per heavy atom. The predicted molar refractivity (Wildman–Crippen MR) is 87.0 cm³/mol. The molecule has 1 N–H and O–H groups in total. The van der Waals surface area contributed by atoms with Crippen LogP contribution in [-0.2, 0) is 0 Å². The van der Waals surface area contributed by atoms with E-state index in [-0.39, 0.29) is 12.0 Å². The van der Waals surface area contributed by atoms with Crippen molar-refractivity contribution in [3.8, 4) is 0 Å². The Bertz CT molecular complexity index is 526. The third kappa shape index (κ3) is 3.68. The summed E-state index contributed by atoms with van der Waals surface area (Å²) in [5.74, 6) is 0.657. The molecule has 1 aromatic rings. The predicted octanol–water partition coefficient (Wildman–Crippen LogP) is 1.83. The molecule has 1 aromatic carbocycles. The summed E-state index contributed by atoms with van der Waals surface area (Å²) in [6, 6.07) is 6.03. The summed E-state index contributed by atoms with van der Waals surface area (Å²) in [5.41, 5.74) is 3.06. The van der Waals surface area contributed by atoms with Gasteiger partial charge in [-0.1, -0.05) is 17.2 Å². The van der Waals surface area contributed by atoms with E-state index in [1.54, 1.807) is 0 Å². The molecule has 0 bridgehead atoms. The van der Waals surface area contributed by atoms with Gasteiger partial charge >= 0.3 is 0 Å². The second kappa shape index (κ2) is 6.39. The summed E-state index contributed by atoms with van der Waals surface area (Å²) in [5, 5.41) is 10.0. The summed E-state index contributed by atoms with van der Waals surface area (Å²) in [7, 11) is 0. The number of rotatable bonds is 4. The van der Waals surface area contributed by atoms with Crippen LogP contribution in [0.1, 0.15) is 34.3 Å². The topological polar surface area (TPSA) is 43.8 Å². The first kappa shape index (κ1) is 15.5. The molecule has 1 heterocycles. The second-order valence-electron chi connectivity index (χ2n) is 6.87. The number of carbonyl (C=O) groups is 1. The maximum absolute atomic E-state index is 12.6. The molecule has 0 radical (unpaired) electrons. The first-order valence-corrected chi connectivity index (χ1v) is 8.31. The van der Waals surface area contributed by atoms with Crippen molar-refractivity contribution in [1.82, 2.24) is 9.80 Å².